The molecule has 1 saturated heterocycles. The monoisotopic (exact) mass is 598 g/mol. The predicted octanol–water partition coefficient (Wildman–Crippen LogP) is 5.63. The maximum Gasteiger partial charge on any atom is 0.301 e. The third kappa shape index (κ3) is 4.72. The summed E-state index contributed by atoms with van der Waals surface area (Å²) in [7, 11) is 0. The molecule has 0 spiro atoms. The van der Waals surface area contributed by atoms with E-state index in [4.69, 9.17) is 0 Å². The van der Waals surface area contributed by atoms with Gasteiger partial charge in [-0.15, -0.1) is 10.2 Å². The Kier molecular flexibility index (Phi) is 7.04. The largest absolute Gasteiger partial charge is 0.505 e. The van der Waals surface area contributed by atoms with E-state index in [2.05, 4.69) is 15.2 Å². The molecule has 210 valence electrons. The quantitative estimate of drug-likeness (QED) is 0.0479. The molecule has 0 bridgehead atoms. The average Bonchev–Trinajstić information content (AvgIpc) is 3.67. The van der Waals surface area contributed by atoms with Crippen LogP contribution in [0.4, 0.5) is 10.8 Å². The molecule has 11 nitrogen and oxygen atoms in total. The van der Waals surface area contributed by atoms with Gasteiger partial charge >= 0.3 is 5.91 Å². The van der Waals surface area contributed by atoms with Crippen LogP contribution in [0.2, 0.25) is 0 Å². The van der Waals surface area contributed by atoms with Gasteiger partial charge in [-0.25, -0.2) is 4.98 Å². The number of aromatic nitrogens is 4. The highest BCUT2D eigenvalue weighted by Crippen LogP contribution is 2.44. The summed E-state index contributed by atoms with van der Waals surface area (Å²) in [6.45, 7) is 3.64. The molecule has 0 aliphatic carbocycles. The van der Waals surface area contributed by atoms with Gasteiger partial charge in [0.25, 0.3) is 11.5 Å². The average molecular weight is 599 g/mol. The lowest BCUT2D eigenvalue weighted by Gasteiger charge is -2.22. The molecule has 6 rings (SSSR count). The molecule has 1 fully saturated rings. The summed E-state index contributed by atoms with van der Waals surface area (Å²) >= 11 is 2.58. The first-order valence-corrected chi connectivity index (χ1v) is 14.5. The van der Waals surface area contributed by atoms with Gasteiger partial charge in [-0.1, -0.05) is 59.5 Å². The van der Waals surface area contributed by atoms with Gasteiger partial charge in [0, 0.05) is 24.1 Å². The molecule has 13 heteroatoms. The summed E-state index contributed by atoms with van der Waals surface area (Å²) in [5.41, 5.74) is 3.32. The van der Waals surface area contributed by atoms with Crippen molar-refractivity contribution in [2.45, 2.75) is 30.0 Å². The molecule has 1 unspecified atom stereocenters. The van der Waals surface area contributed by atoms with E-state index < -0.39 is 28.4 Å². The van der Waals surface area contributed by atoms with Gasteiger partial charge in [-0.2, -0.15) is 0 Å². The SMILES string of the molecule is Cc1cccn2c(C)c(/C(O)=C3\C(=O)C(=O)N(c4nnc(SCc5ccccc5)s4)C3c3ccc([N+](=O)[O-])cc3)nc12. The molecule has 1 amide bonds. The molecule has 1 atom stereocenters. The second-order valence-corrected chi connectivity index (χ2v) is 11.8. The molecule has 1 N–H and O–H groups in total. The first kappa shape index (κ1) is 27.3. The number of hydrogen-bond donors (Lipinski definition) is 1. The molecule has 3 aromatic heterocycles. The van der Waals surface area contributed by atoms with E-state index in [1.165, 1.54) is 40.9 Å². The lowest BCUT2D eigenvalue weighted by molar-refractivity contribution is -0.384. The topological polar surface area (TPSA) is 144 Å². The van der Waals surface area contributed by atoms with E-state index in [1.807, 2.05) is 49.4 Å². The number of fused-ring (bicyclic) bond motifs is 1. The van der Waals surface area contributed by atoms with E-state index in [0.29, 0.717) is 27.0 Å². The Morgan fingerprint density at radius 1 is 1.05 bits per heavy atom. The Morgan fingerprint density at radius 3 is 2.48 bits per heavy atom. The second-order valence-electron chi connectivity index (χ2n) is 9.57. The van der Waals surface area contributed by atoms with Crippen LogP contribution in [0, 0.1) is 24.0 Å². The number of ketones is 1. The molecule has 4 heterocycles. The number of thioether (sulfide) groups is 1. The first-order chi connectivity index (χ1) is 20.2. The Hall–Kier alpha value is -4.88. The Balaban J connectivity index is 1.46. The predicted molar refractivity (Wildman–Crippen MR) is 158 cm³/mol. The first-order valence-electron chi connectivity index (χ1n) is 12.7. The van der Waals surface area contributed by atoms with E-state index in [1.54, 1.807) is 17.5 Å². The summed E-state index contributed by atoms with van der Waals surface area (Å²) in [5.74, 6) is -1.62. The number of hydrogen-bond acceptors (Lipinski definition) is 10. The number of aryl methyl sites for hydroxylation is 2. The number of rotatable bonds is 7. The van der Waals surface area contributed by atoms with Crippen LogP contribution in [0.5, 0.6) is 0 Å². The van der Waals surface area contributed by atoms with Crippen molar-refractivity contribution in [2.24, 2.45) is 0 Å². The number of pyridine rings is 1. The zero-order valence-electron chi connectivity index (χ0n) is 22.3. The van der Waals surface area contributed by atoms with Gasteiger partial charge in [0.15, 0.2) is 10.1 Å². The lowest BCUT2D eigenvalue weighted by Crippen LogP contribution is -2.29. The van der Waals surface area contributed by atoms with E-state index in [-0.39, 0.29) is 22.1 Å². The van der Waals surface area contributed by atoms with Crippen molar-refractivity contribution in [1.82, 2.24) is 19.6 Å². The number of anilines is 1. The number of Topliss-reactive ketones (excluding diaryl/α,β-unsaturated/α-hetero) is 1. The highest BCUT2D eigenvalue weighted by Gasteiger charge is 2.49. The van der Waals surface area contributed by atoms with Crippen molar-refractivity contribution in [3.05, 3.63) is 117 Å². The summed E-state index contributed by atoms with van der Waals surface area (Å²) in [5, 5.41) is 31.5. The van der Waals surface area contributed by atoms with Crippen LogP contribution in [0.25, 0.3) is 11.4 Å². The van der Waals surface area contributed by atoms with Gasteiger partial charge < -0.3 is 9.51 Å². The van der Waals surface area contributed by atoms with Gasteiger partial charge in [-0.3, -0.25) is 24.6 Å². The highest BCUT2D eigenvalue weighted by molar-refractivity contribution is 8.00. The number of non-ortho nitro benzene ring substituents is 1. The van der Waals surface area contributed by atoms with Gasteiger partial charge in [0.2, 0.25) is 5.13 Å². The third-order valence-electron chi connectivity index (χ3n) is 6.98. The van der Waals surface area contributed by atoms with E-state index in [0.717, 1.165) is 22.5 Å². The molecule has 2 aromatic carbocycles. The molecular formula is C29H22N6O5S2. The Bertz CT molecular complexity index is 1900. The second kappa shape index (κ2) is 10.8. The number of benzene rings is 2. The summed E-state index contributed by atoms with van der Waals surface area (Å²) in [4.78, 5) is 43.7. The Labute approximate surface area is 247 Å². The van der Waals surface area contributed by atoms with Crippen LogP contribution in [0.3, 0.4) is 0 Å². The number of nitro benzene ring substituents is 1. The Morgan fingerprint density at radius 2 is 1.79 bits per heavy atom. The molecular weight excluding hydrogens is 576 g/mol. The minimum absolute atomic E-state index is 0.155. The van der Waals surface area contributed by atoms with Gasteiger partial charge in [-0.05, 0) is 48.7 Å². The van der Waals surface area contributed by atoms with Crippen molar-refractivity contribution in [3.8, 4) is 0 Å². The maximum absolute atomic E-state index is 13.6. The highest BCUT2D eigenvalue weighted by atomic mass is 32.2. The van der Waals surface area contributed by atoms with Crippen molar-refractivity contribution >= 4 is 57.0 Å². The van der Waals surface area contributed by atoms with Gasteiger partial charge in [0.05, 0.1) is 22.2 Å². The zero-order valence-corrected chi connectivity index (χ0v) is 23.9. The normalized spacial score (nSPS) is 16.4. The fourth-order valence-electron chi connectivity index (χ4n) is 4.88. The minimum atomic E-state index is -1.11. The number of carbonyl (C=O) groups excluding carboxylic acids is 2. The summed E-state index contributed by atoms with van der Waals surface area (Å²) < 4.78 is 2.38. The van der Waals surface area contributed by atoms with Crippen LogP contribution in [0.1, 0.15) is 34.1 Å². The smallest absolute Gasteiger partial charge is 0.301 e. The standard InChI is InChI=1S/C29H22N6O5S2/c1-16-7-6-14-33-17(2)22(30-26(16)33)24(36)21-23(19-10-12-20(13-11-19)35(39)40)34(27(38)25(21)37)28-31-32-29(42-28)41-15-18-8-4-3-5-9-18/h3-14,23,36H,15H2,1-2H3/b24-21+. The molecule has 1 aliphatic heterocycles. The van der Waals surface area contributed by atoms with Crippen LogP contribution < -0.4 is 4.90 Å². The number of aliphatic hydroxyl groups excluding tert-OH is 1. The molecule has 0 radical (unpaired) electrons. The van der Waals surface area contributed by atoms with E-state index in [9.17, 15) is 24.8 Å². The summed E-state index contributed by atoms with van der Waals surface area (Å²) in [6, 6.07) is 17.9. The maximum atomic E-state index is 13.6. The number of amides is 1. The number of nitrogens with zero attached hydrogens (tertiary/aromatic N) is 6. The van der Waals surface area contributed by atoms with Crippen LogP contribution in [-0.4, -0.2) is 41.3 Å². The van der Waals surface area contributed by atoms with Crippen LogP contribution in [0.15, 0.2) is 82.8 Å². The van der Waals surface area contributed by atoms with E-state index >= 15 is 0 Å². The lowest BCUT2D eigenvalue weighted by atomic mass is 9.96. The van der Waals surface area contributed by atoms with Crippen LogP contribution >= 0.6 is 23.1 Å². The van der Waals surface area contributed by atoms with Crippen LogP contribution in [-0.2, 0) is 15.3 Å². The van der Waals surface area contributed by atoms with Crippen molar-refractivity contribution in [1.29, 1.82) is 0 Å². The third-order valence-corrected chi connectivity index (χ3v) is 9.11. The zero-order chi connectivity index (χ0) is 29.5. The number of aliphatic hydroxyl groups is 1. The molecule has 0 saturated carbocycles. The molecule has 1 aliphatic rings. The number of imidazole rings is 1. The molecule has 5 aromatic rings. The van der Waals surface area contributed by atoms with Crippen molar-refractivity contribution in [2.75, 3.05) is 4.90 Å². The van der Waals surface area contributed by atoms with Gasteiger partial charge in [0.1, 0.15) is 11.3 Å². The summed E-state index contributed by atoms with van der Waals surface area (Å²) in [6.07, 6.45) is 1.80. The number of nitro groups is 1. The minimum Gasteiger partial charge on any atom is -0.505 e. The number of carbonyl (C=O) groups is 2. The fraction of sp³-hybridized carbons (Fsp3) is 0.138. The molecule has 42 heavy (non-hydrogen) atoms. The van der Waals surface area contributed by atoms with Crippen molar-refractivity contribution < 1.29 is 19.6 Å². The fourth-order valence-corrected chi connectivity index (χ4v) is 6.70. The van der Waals surface area contributed by atoms with Crippen molar-refractivity contribution in [3.63, 3.8) is 0 Å².